The summed E-state index contributed by atoms with van der Waals surface area (Å²) in [6, 6.07) is 20.6. The maximum atomic E-state index is 12.3. The van der Waals surface area contributed by atoms with Gasteiger partial charge in [-0.15, -0.1) is 0 Å². The van der Waals surface area contributed by atoms with Crippen LogP contribution in [0.3, 0.4) is 0 Å². The highest BCUT2D eigenvalue weighted by atomic mass is 16.3. The smallest absolute Gasteiger partial charge is 0.219 e. The minimum Gasteiger partial charge on any atom is -0.460 e. The molecule has 0 unspecified atom stereocenters. The molecular formula is C26H29N3O3. The molecule has 6 heteroatoms. The van der Waals surface area contributed by atoms with Gasteiger partial charge in [-0.25, -0.2) is 0 Å². The number of rotatable bonds is 4. The van der Waals surface area contributed by atoms with Crippen molar-refractivity contribution >= 4 is 22.8 Å². The Morgan fingerprint density at radius 1 is 1.09 bits per heavy atom. The van der Waals surface area contributed by atoms with E-state index >= 15 is 0 Å². The lowest BCUT2D eigenvalue weighted by molar-refractivity contribution is -0.132. The number of hydrogen-bond donors (Lipinski definition) is 1. The SMILES string of the molecule is CC(=O)N[C@@]12CCN(C(C)=O)C[C@@H]1[C@@H](c1ccccc1)N(Cc1cc3ccccc3o1)C2. The molecule has 2 aliphatic heterocycles. The summed E-state index contributed by atoms with van der Waals surface area (Å²) in [6.45, 7) is 5.87. The predicted molar refractivity (Wildman–Crippen MR) is 123 cm³/mol. The Morgan fingerprint density at radius 3 is 2.56 bits per heavy atom. The minimum atomic E-state index is -0.371. The Balaban J connectivity index is 1.55. The third-order valence-corrected chi connectivity index (χ3v) is 7.06. The maximum absolute atomic E-state index is 12.3. The summed E-state index contributed by atoms with van der Waals surface area (Å²) in [7, 11) is 0. The summed E-state index contributed by atoms with van der Waals surface area (Å²) in [4.78, 5) is 28.8. The third-order valence-electron chi connectivity index (χ3n) is 7.06. The summed E-state index contributed by atoms with van der Waals surface area (Å²) < 4.78 is 6.15. The second-order valence-electron chi connectivity index (χ2n) is 9.17. The number of carbonyl (C=O) groups is 2. The Morgan fingerprint density at radius 2 is 1.84 bits per heavy atom. The number of nitrogens with zero attached hydrogens (tertiary/aromatic N) is 2. The van der Waals surface area contributed by atoms with Crippen LogP contribution in [-0.4, -0.2) is 46.8 Å². The molecule has 0 spiro atoms. The summed E-state index contributed by atoms with van der Waals surface area (Å²) in [5.74, 6) is 1.07. The van der Waals surface area contributed by atoms with Crippen LogP contribution >= 0.6 is 0 Å². The lowest BCUT2D eigenvalue weighted by Gasteiger charge is -2.45. The van der Waals surface area contributed by atoms with E-state index in [1.807, 2.05) is 29.2 Å². The fourth-order valence-electron chi connectivity index (χ4n) is 5.73. The van der Waals surface area contributed by atoms with Crippen LogP contribution in [0.5, 0.6) is 0 Å². The zero-order chi connectivity index (χ0) is 22.3. The van der Waals surface area contributed by atoms with Gasteiger partial charge in [-0.05, 0) is 24.1 Å². The van der Waals surface area contributed by atoms with Crippen molar-refractivity contribution in [1.82, 2.24) is 15.1 Å². The van der Waals surface area contributed by atoms with Gasteiger partial charge >= 0.3 is 0 Å². The summed E-state index contributed by atoms with van der Waals surface area (Å²) in [5, 5.41) is 4.40. The van der Waals surface area contributed by atoms with Gasteiger partial charge in [0.2, 0.25) is 11.8 Å². The highest BCUT2D eigenvalue weighted by Crippen LogP contribution is 2.48. The molecule has 2 aliphatic rings. The van der Waals surface area contributed by atoms with Crippen LogP contribution in [0.2, 0.25) is 0 Å². The van der Waals surface area contributed by atoms with E-state index in [9.17, 15) is 9.59 Å². The Labute approximate surface area is 188 Å². The highest BCUT2D eigenvalue weighted by molar-refractivity contribution is 5.77. The Kier molecular flexibility index (Phi) is 5.25. The number of para-hydroxylation sites is 1. The predicted octanol–water partition coefficient (Wildman–Crippen LogP) is 3.73. The zero-order valence-electron chi connectivity index (χ0n) is 18.6. The van der Waals surface area contributed by atoms with Gasteiger partial charge < -0.3 is 14.6 Å². The van der Waals surface area contributed by atoms with E-state index in [-0.39, 0.29) is 29.3 Å². The van der Waals surface area contributed by atoms with E-state index in [0.717, 1.165) is 29.7 Å². The first kappa shape index (κ1) is 20.8. The van der Waals surface area contributed by atoms with Crippen LogP contribution in [0, 0.1) is 5.92 Å². The third kappa shape index (κ3) is 3.69. The van der Waals surface area contributed by atoms with Crippen LogP contribution in [0.4, 0.5) is 0 Å². The molecule has 3 heterocycles. The molecule has 2 aromatic carbocycles. The van der Waals surface area contributed by atoms with E-state index < -0.39 is 0 Å². The number of benzene rings is 2. The molecule has 3 atom stereocenters. The first-order valence-electron chi connectivity index (χ1n) is 11.3. The fourth-order valence-corrected chi connectivity index (χ4v) is 5.73. The van der Waals surface area contributed by atoms with Crippen molar-refractivity contribution in [3.63, 3.8) is 0 Å². The molecule has 5 rings (SSSR count). The number of piperidine rings is 1. The lowest BCUT2D eigenvalue weighted by atomic mass is 9.75. The molecule has 2 amide bonds. The molecule has 0 aliphatic carbocycles. The summed E-state index contributed by atoms with van der Waals surface area (Å²) in [5.41, 5.74) is 1.71. The van der Waals surface area contributed by atoms with Gasteiger partial charge in [-0.3, -0.25) is 14.5 Å². The Bertz CT molecular complexity index is 1110. The molecule has 0 bridgehead atoms. The molecular weight excluding hydrogens is 402 g/mol. The van der Waals surface area contributed by atoms with Gasteiger partial charge in [-0.1, -0.05) is 48.5 Å². The van der Waals surface area contributed by atoms with Crippen molar-refractivity contribution in [3.05, 3.63) is 72.0 Å². The number of furan rings is 1. The summed E-state index contributed by atoms with van der Waals surface area (Å²) in [6.07, 6.45) is 0.747. The topological polar surface area (TPSA) is 65.8 Å². The van der Waals surface area contributed by atoms with Crippen LogP contribution in [-0.2, 0) is 16.1 Å². The van der Waals surface area contributed by atoms with Crippen molar-refractivity contribution in [3.8, 4) is 0 Å². The van der Waals surface area contributed by atoms with Crippen LogP contribution in [0.15, 0.2) is 65.1 Å². The molecule has 2 fully saturated rings. The number of fused-ring (bicyclic) bond motifs is 2. The molecule has 0 radical (unpaired) electrons. The van der Waals surface area contributed by atoms with Gasteiger partial charge in [0.05, 0.1) is 12.1 Å². The van der Waals surface area contributed by atoms with E-state index in [1.165, 1.54) is 5.56 Å². The average molecular weight is 432 g/mol. The molecule has 1 aromatic heterocycles. The van der Waals surface area contributed by atoms with E-state index in [0.29, 0.717) is 19.6 Å². The van der Waals surface area contributed by atoms with Gasteiger partial charge in [0, 0.05) is 50.8 Å². The molecule has 32 heavy (non-hydrogen) atoms. The number of hydrogen-bond acceptors (Lipinski definition) is 4. The fraction of sp³-hybridized carbons (Fsp3) is 0.385. The van der Waals surface area contributed by atoms with Crippen LogP contribution in [0.1, 0.15) is 37.6 Å². The van der Waals surface area contributed by atoms with Gasteiger partial charge in [0.1, 0.15) is 11.3 Å². The first-order valence-corrected chi connectivity index (χ1v) is 11.3. The lowest BCUT2D eigenvalue weighted by Crippen LogP contribution is -2.61. The minimum absolute atomic E-state index is 0.0244. The summed E-state index contributed by atoms with van der Waals surface area (Å²) >= 11 is 0. The monoisotopic (exact) mass is 431 g/mol. The number of amides is 2. The molecule has 1 N–H and O–H groups in total. The second-order valence-corrected chi connectivity index (χ2v) is 9.17. The van der Waals surface area contributed by atoms with Gasteiger partial charge in [0.15, 0.2) is 0 Å². The normalized spacial score (nSPS) is 25.6. The van der Waals surface area contributed by atoms with Crippen molar-refractivity contribution in [2.75, 3.05) is 19.6 Å². The maximum Gasteiger partial charge on any atom is 0.219 e. The molecule has 2 saturated heterocycles. The van der Waals surface area contributed by atoms with Crippen LogP contribution < -0.4 is 5.32 Å². The van der Waals surface area contributed by atoms with Crippen molar-refractivity contribution < 1.29 is 14.0 Å². The highest BCUT2D eigenvalue weighted by Gasteiger charge is 2.56. The zero-order valence-corrected chi connectivity index (χ0v) is 18.6. The van der Waals surface area contributed by atoms with E-state index in [2.05, 4.69) is 46.6 Å². The molecule has 6 nitrogen and oxygen atoms in total. The van der Waals surface area contributed by atoms with Crippen molar-refractivity contribution in [1.29, 1.82) is 0 Å². The van der Waals surface area contributed by atoms with Crippen molar-refractivity contribution in [2.24, 2.45) is 5.92 Å². The average Bonchev–Trinajstić information content (AvgIpc) is 3.31. The molecule has 0 saturated carbocycles. The molecule has 166 valence electrons. The van der Waals surface area contributed by atoms with Gasteiger partial charge in [-0.2, -0.15) is 0 Å². The standard InChI is InChI=1S/C26H29N3O3/c1-18(30)27-26-12-13-28(19(2)31)16-23(26)25(20-8-4-3-5-9-20)29(17-26)15-22-14-21-10-6-7-11-24(21)32-22/h3-11,14,23,25H,12-13,15-17H2,1-2H3,(H,27,30)/t23-,25-,26-/m1/s1. The van der Waals surface area contributed by atoms with Crippen molar-refractivity contribution in [2.45, 2.75) is 38.4 Å². The second kappa shape index (κ2) is 8.10. The first-order chi connectivity index (χ1) is 15.4. The largest absolute Gasteiger partial charge is 0.460 e. The van der Waals surface area contributed by atoms with E-state index in [1.54, 1.807) is 13.8 Å². The van der Waals surface area contributed by atoms with E-state index in [4.69, 9.17) is 4.42 Å². The Hall–Kier alpha value is -3.12. The number of carbonyl (C=O) groups excluding carboxylic acids is 2. The van der Waals surface area contributed by atoms with Crippen LogP contribution in [0.25, 0.3) is 11.0 Å². The quantitative estimate of drug-likeness (QED) is 0.684. The van der Waals surface area contributed by atoms with Gasteiger partial charge in [0.25, 0.3) is 0 Å². The number of likely N-dealkylation sites (tertiary alicyclic amines) is 2. The number of nitrogens with one attached hydrogen (secondary N) is 1. The molecule has 3 aromatic rings.